The maximum absolute atomic E-state index is 12.3. The molecule has 166 valence electrons. The summed E-state index contributed by atoms with van der Waals surface area (Å²) in [5, 5.41) is 12.3. The van der Waals surface area contributed by atoms with E-state index in [2.05, 4.69) is 33.9 Å². The van der Waals surface area contributed by atoms with Crippen molar-refractivity contribution < 1.29 is 19.0 Å². The molecule has 0 aliphatic carbocycles. The first-order valence-electron chi connectivity index (χ1n) is 10.3. The van der Waals surface area contributed by atoms with Gasteiger partial charge in [-0.1, -0.05) is 57.2 Å². The van der Waals surface area contributed by atoms with Crippen LogP contribution in [-0.2, 0) is 10.0 Å². The zero-order valence-corrected chi connectivity index (χ0v) is 20.5. The van der Waals surface area contributed by atoms with E-state index < -0.39 is 26.1 Å². The maximum atomic E-state index is 12.3. The number of methoxy groups -OCH3 is 2. The number of nitrogens with two attached hydrogens (primary N) is 1. The Morgan fingerprint density at radius 2 is 1.27 bits per heavy atom. The van der Waals surface area contributed by atoms with Gasteiger partial charge in [0, 0.05) is 11.1 Å². The lowest BCUT2D eigenvalue weighted by atomic mass is 9.77. The van der Waals surface area contributed by atoms with Crippen molar-refractivity contribution in [2.24, 2.45) is 5.73 Å². The van der Waals surface area contributed by atoms with Crippen molar-refractivity contribution >= 4 is 8.32 Å². The molecule has 0 spiro atoms. The van der Waals surface area contributed by atoms with E-state index in [4.69, 9.17) is 19.6 Å². The Kier molecular flexibility index (Phi) is 7.40. The molecule has 0 saturated carbocycles. The Labute approximate surface area is 182 Å². The van der Waals surface area contributed by atoms with Crippen molar-refractivity contribution in [3.05, 3.63) is 59.7 Å². The van der Waals surface area contributed by atoms with Crippen LogP contribution in [0.2, 0.25) is 18.1 Å². The third kappa shape index (κ3) is 4.57. The molecule has 0 aromatic heterocycles. The molecule has 3 N–H and O–H groups in total. The van der Waals surface area contributed by atoms with E-state index >= 15 is 0 Å². The van der Waals surface area contributed by atoms with Crippen LogP contribution in [0.3, 0.4) is 0 Å². The van der Waals surface area contributed by atoms with Crippen LogP contribution in [0, 0.1) is 0 Å². The van der Waals surface area contributed by atoms with Crippen molar-refractivity contribution in [1.82, 2.24) is 0 Å². The monoisotopic (exact) mass is 431 g/mol. The molecule has 0 radical (unpaired) electrons. The number of aliphatic hydroxyl groups is 1. The van der Waals surface area contributed by atoms with E-state index in [-0.39, 0.29) is 5.04 Å². The van der Waals surface area contributed by atoms with Crippen LogP contribution >= 0.6 is 0 Å². The van der Waals surface area contributed by atoms with Gasteiger partial charge >= 0.3 is 0 Å². The second-order valence-electron chi connectivity index (χ2n) is 9.28. The van der Waals surface area contributed by atoms with Gasteiger partial charge < -0.3 is 24.7 Å². The molecule has 2 rings (SSSR count). The highest BCUT2D eigenvalue weighted by molar-refractivity contribution is 6.74. The molecule has 5 nitrogen and oxygen atoms in total. The topological polar surface area (TPSA) is 73.9 Å². The normalized spacial score (nSPS) is 14.9. The first-order valence-corrected chi connectivity index (χ1v) is 13.2. The summed E-state index contributed by atoms with van der Waals surface area (Å²) in [5.74, 6) is 1.11. The molecule has 2 atom stereocenters. The summed E-state index contributed by atoms with van der Waals surface area (Å²) in [6.07, 6.45) is -0.411. The summed E-state index contributed by atoms with van der Waals surface area (Å²) >= 11 is 0. The van der Waals surface area contributed by atoms with Crippen LogP contribution < -0.4 is 15.2 Å². The average molecular weight is 432 g/mol. The van der Waals surface area contributed by atoms with Crippen molar-refractivity contribution in [2.75, 3.05) is 14.2 Å². The maximum Gasteiger partial charge on any atom is 0.192 e. The predicted molar refractivity (Wildman–Crippen MR) is 125 cm³/mol. The highest BCUT2D eigenvalue weighted by atomic mass is 28.4. The SMILES string of the molecule is COc1ccccc1C(O)(c1ccccc1OC)C(N)C(C)O[Si](C)(C)C(C)(C)C. The van der Waals surface area contributed by atoms with Gasteiger partial charge in [0.25, 0.3) is 0 Å². The molecule has 0 bridgehead atoms. The average Bonchev–Trinajstić information content (AvgIpc) is 2.71. The van der Waals surface area contributed by atoms with Crippen LogP contribution in [0.1, 0.15) is 38.8 Å². The van der Waals surface area contributed by atoms with Crippen molar-refractivity contribution in [2.45, 2.75) is 63.6 Å². The lowest BCUT2D eigenvalue weighted by molar-refractivity contribution is 0.00119. The van der Waals surface area contributed by atoms with Crippen molar-refractivity contribution in [3.63, 3.8) is 0 Å². The zero-order valence-electron chi connectivity index (χ0n) is 19.5. The molecule has 2 aromatic carbocycles. The number of rotatable bonds is 8. The summed E-state index contributed by atoms with van der Waals surface area (Å²) in [6.45, 7) is 12.8. The van der Waals surface area contributed by atoms with Crippen molar-refractivity contribution in [3.8, 4) is 11.5 Å². The van der Waals surface area contributed by atoms with Crippen LogP contribution in [0.15, 0.2) is 48.5 Å². The van der Waals surface area contributed by atoms with Crippen LogP contribution in [0.5, 0.6) is 11.5 Å². The standard InChI is InChI=1S/C24H37NO4Si/c1-17(29-30(7,8)23(2,3)4)22(25)24(26,18-13-9-11-15-20(18)27-5)19-14-10-12-16-21(19)28-6/h9-17,22,26H,25H2,1-8H3. The Balaban J connectivity index is 2.65. The van der Waals surface area contributed by atoms with Crippen molar-refractivity contribution in [1.29, 1.82) is 0 Å². The summed E-state index contributed by atoms with van der Waals surface area (Å²) in [5.41, 5.74) is 6.37. The minimum absolute atomic E-state index is 0.0218. The molecule has 0 aliphatic rings. The molecule has 0 heterocycles. The molecular weight excluding hydrogens is 394 g/mol. The van der Waals surface area contributed by atoms with Gasteiger partial charge in [-0.15, -0.1) is 0 Å². The Bertz CT molecular complexity index is 800. The molecule has 2 aromatic rings. The summed E-state index contributed by atoms with van der Waals surface area (Å²) in [6, 6.07) is 14.0. The first-order chi connectivity index (χ1) is 13.9. The van der Waals surface area contributed by atoms with E-state index in [1.165, 1.54) is 0 Å². The molecule has 0 fully saturated rings. The molecule has 2 unspecified atom stereocenters. The van der Waals surface area contributed by atoms with E-state index in [9.17, 15) is 5.11 Å². The molecule has 0 amide bonds. The molecule has 0 saturated heterocycles. The third-order valence-corrected chi connectivity index (χ3v) is 10.9. The van der Waals surface area contributed by atoms with E-state index in [1.54, 1.807) is 14.2 Å². The van der Waals surface area contributed by atoms with Gasteiger partial charge in [-0.05, 0) is 37.2 Å². The third-order valence-electron chi connectivity index (χ3n) is 6.31. The fourth-order valence-corrected chi connectivity index (χ4v) is 4.91. The van der Waals surface area contributed by atoms with Gasteiger partial charge in [-0.3, -0.25) is 0 Å². The summed E-state index contributed by atoms with van der Waals surface area (Å²) in [4.78, 5) is 0. The predicted octanol–water partition coefficient (Wildman–Crippen LogP) is 4.68. The lowest BCUT2D eigenvalue weighted by Gasteiger charge is -2.44. The Morgan fingerprint density at radius 3 is 1.63 bits per heavy atom. The summed E-state index contributed by atoms with van der Waals surface area (Å²) in [7, 11) is 1.06. The Hall–Kier alpha value is -1.86. The first kappa shape index (κ1) is 24.4. The zero-order chi connectivity index (χ0) is 22.7. The van der Waals surface area contributed by atoms with Gasteiger partial charge in [-0.2, -0.15) is 0 Å². The van der Waals surface area contributed by atoms with Crippen LogP contribution in [0.25, 0.3) is 0 Å². The highest BCUT2D eigenvalue weighted by Gasteiger charge is 2.47. The molecule has 30 heavy (non-hydrogen) atoms. The number of hydrogen-bond donors (Lipinski definition) is 2. The largest absolute Gasteiger partial charge is 0.496 e. The highest BCUT2D eigenvalue weighted by Crippen LogP contribution is 2.44. The number of ether oxygens (including phenoxy) is 2. The van der Waals surface area contributed by atoms with Gasteiger partial charge in [0.2, 0.25) is 0 Å². The molecular formula is C24H37NO4Si. The second-order valence-corrected chi connectivity index (χ2v) is 14.0. The summed E-state index contributed by atoms with van der Waals surface area (Å²) < 4.78 is 17.7. The smallest absolute Gasteiger partial charge is 0.192 e. The molecule has 6 heteroatoms. The number of hydrogen-bond acceptors (Lipinski definition) is 5. The second kappa shape index (κ2) is 9.10. The van der Waals surface area contributed by atoms with E-state index in [0.29, 0.717) is 22.6 Å². The fraction of sp³-hybridized carbons (Fsp3) is 0.500. The van der Waals surface area contributed by atoms with E-state index in [1.807, 2.05) is 55.5 Å². The minimum atomic E-state index is -2.11. The van der Waals surface area contributed by atoms with Gasteiger partial charge in [0.1, 0.15) is 17.1 Å². The van der Waals surface area contributed by atoms with Crippen LogP contribution in [0.4, 0.5) is 0 Å². The molecule has 0 aliphatic heterocycles. The van der Waals surface area contributed by atoms with Crippen LogP contribution in [-0.4, -0.2) is 39.8 Å². The lowest BCUT2D eigenvalue weighted by Crippen LogP contribution is -2.57. The quantitative estimate of drug-likeness (QED) is 0.594. The number of para-hydroxylation sites is 2. The van der Waals surface area contributed by atoms with Gasteiger partial charge in [-0.25, -0.2) is 0 Å². The van der Waals surface area contributed by atoms with Gasteiger partial charge in [0.05, 0.1) is 26.4 Å². The van der Waals surface area contributed by atoms with E-state index in [0.717, 1.165) is 0 Å². The van der Waals surface area contributed by atoms with Gasteiger partial charge in [0.15, 0.2) is 8.32 Å². The Morgan fingerprint density at radius 1 is 0.867 bits per heavy atom. The minimum Gasteiger partial charge on any atom is -0.496 e. The number of benzene rings is 2. The fourth-order valence-electron chi connectivity index (χ4n) is 3.48.